The Morgan fingerprint density at radius 2 is 1.88 bits per heavy atom. The van der Waals surface area contributed by atoms with E-state index in [1.165, 1.54) is 5.56 Å². The molecule has 16 heavy (non-hydrogen) atoms. The Labute approximate surface area is 100 Å². The molecule has 0 radical (unpaired) electrons. The van der Waals surface area contributed by atoms with Gasteiger partial charge in [-0.15, -0.1) is 11.3 Å². The van der Waals surface area contributed by atoms with E-state index in [1.54, 1.807) is 11.3 Å². The third-order valence-electron chi connectivity index (χ3n) is 2.62. The fourth-order valence-corrected chi connectivity index (χ4v) is 2.39. The first-order chi connectivity index (χ1) is 7.77. The number of aromatic nitrogens is 1. The average molecular weight is 232 g/mol. The van der Waals surface area contributed by atoms with E-state index < -0.39 is 0 Å². The van der Waals surface area contributed by atoms with E-state index in [0.717, 1.165) is 5.01 Å². The second-order valence-corrected chi connectivity index (χ2v) is 4.82. The lowest BCUT2D eigenvalue weighted by Crippen LogP contribution is -2.22. The first kappa shape index (κ1) is 11.3. The van der Waals surface area contributed by atoms with Gasteiger partial charge in [-0.1, -0.05) is 30.3 Å². The lowest BCUT2D eigenvalue weighted by Gasteiger charge is -2.18. The zero-order valence-electron chi connectivity index (χ0n) is 9.55. The van der Waals surface area contributed by atoms with Crippen LogP contribution in [0.4, 0.5) is 0 Å². The highest BCUT2D eigenvalue weighted by Gasteiger charge is 2.12. The number of nitrogens with one attached hydrogen (secondary N) is 1. The third kappa shape index (κ3) is 2.68. The SMILES string of the molecule is CC(N[C@@H](C)c1ccccc1)c1nccs1. The smallest absolute Gasteiger partial charge is 0.109 e. The minimum atomic E-state index is 0.301. The number of hydrogen-bond donors (Lipinski definition) is 1. The molecule has 2 rings (SSSR count). The van der Waals surface area contributed by atoms with Crippen LogP contribution in [-0.2, 0) is 0 Å². The Hall–Kier alpha value is -1.19. The van der Waals surface area contributed by atoms with Gasteiger partial charge in [0.25, 0.3) is 0 Å². The predicted octanol–water partition coefficient (Wildman–Crippen LogP) is 3.55. The van der Waals surface area contributed by atoms with E-state index in [0.29, 0.717) is 12.1 Å². The van der Waals surface area contributed by atoms with Gasteiger partial charge in [-0.3, -0.25) is 0 Å². The highest BCUT2D eigenvalue weighted by molar-refractivity contribution is 7.09. The molecule has 2 aromatic rings. The van der Waals surface area contributed by atoms with Gasteiger partial charge in [-0.05, 0) is 19.4 Å². The van der Waals surface area contributed by atoms with Crippen molar-refractivity contribution in [2.24, 2.45) is 0 Å². The summed E-state index contributed by atoms with van der Waals surface area (Å²) >= 11 is 1.69. The van der Waals surface area contributed by atoms with E-state index in [9.17, 15) is 0 Å². The van der Waals surface area contributed by atoms with Crippen molar-refractivity contribution in [3.05, 3.63) is 52.5 Å². The average Bonchev–Trinajstić information content (AvgIpc) is 2.83. The van der Waals surface area contributed by atoms with Gasteiger partial charge in [0.05, 0.1) is 6.04 Å². The van der Waals surface area contributed by atoms with Gasteiger partial charge in [-0.2, -0.15) is 0 Å². The summed E-state index contributed by atoms with van der Waals surface area (Å²) in [6.07, 6.45) is 1.85. The Kier molecular flexibility index (Phi) is 3.70. The van der Waals surface area contributed by atoms with Crippen LogP contribution in [0.25, 0.3) is 0 Å². The monoisotopic (exact) mass is 232 g/mol. The van der Waals surface area contributed by atoms with Gasteiger partial charge >= 0.3 is 0 Å². The summed E-state index contributed by atoms with van der Waals surface area (Å²) in [5.41, 5.74) is 1.31. The number of rotatable bonds is 4. The van der Waals surface area contributed by atoms with Crippen molar-refractivity contribution in [2.45, 2.75) is 25.9 Å². The van der Waals surface area contributed by atoms with Gasteiger partial charge in [0.2, 0.25) is 0 Å². The number of hydrogen-bond acceptors (Lipinski definition) is 3. The molecule has 3 heteroatoms. The maximum absolute atomic E-state index is 4.32. The number of thiazole rings is 1. The fourth-order valence-electron chi connectivity index (χ4n) is 1.73. The molecule has 2 nitrogen and oxygen atoms in total. The van der Waals surface area contributed by atoms with Gasteiger partial charge in [0.1, 0.15) is 5.01 Å². The van der Waals surface area contributed by atoms with Crippen LogP contribution in [0.2, 0.25) is 0 Å². The summed E-state index contributed by atoms with van der Waals surface area (Å²) in [4.78, 5) is 4.32. The van der Waals surface area contributed by atoms with Gasteiger partial charge in [-0.25, -0.2) is 4.98 Å². The van der Waals surface area contributed by atoms with Crippen molar-refractivity contribution in [2.75, 3.05) is 0 Å². The highest BCUT2D eigenvalue weighted by Crippen LogP contribution is 2.20. The van der Waals surface area contributed by atoms with Crippen molar-refractivity contribution in [3.63, 3.8) is 0 Å². The molecule has 1 unspecified atom stereocenters. The summed E-state index contributed by atoms with van der Waals surface area (Å²) in [5, 5.41) is 6.70. The molecule has 0 spiro atoms. The van der Waals surface area contributed by atoms with Crippen LogP contribution >= 0.6 is 11.3 Å². The molecule has 1 aromatic heterocycles. The topological polar surface area (TPSA) is 24.9 Å². The Bertz CT molecular complexity index is 411. The van der Waals surface area contributed by atoms with E-state index in [2.05, 4.69) is 48.4 Å². The first-order valence-electron chi connectivity index (χ1n) is 5.48. The maximum atomic E-state index is 4.32. The summed E-state index contributed by atoms with van der Waals surface area (Å²) in [6, 6.07) is 11.1. The molecule has 0 aliphatic carbocycles. The van der Waals surface area contributed by atoms with Gasteiger partial charge in [0, 0.05) is 17.6 Å². The normalized spacial score (nSPS) is 14.6. The Morgan fingerprint density at radius 1 is 1.12 bits per heavy atom. The largest absolute Gasteiger partial charge is 0.302 e. The molecule has 0 aliphatic rings. The quantitative estimate of drug-likeness (QED) is 0.872. The predicted molar refractivity (Wildman–Crippen MR) is 68.5 cm³/mol. The molecule has 0 fully saturated rings. The summed E-state index contributed by atoms with van der Waals surface area (Å²) in [7, 11) is 0. The van der Waals surface area contributed by atoms with Crippen LogP contribution in [-0.4, -0.2) is 4.98 Å². The Morgan fingerprint density at radius 3 is 2.50 bits per heavy atom. The third-order valence-corrected chi connectivity index (χ3v) is 3.58. The molecule has 84 valence electrons. The molecular weight excluding hydrogens is 216 g/mol. The first-order valence-corrected chi connectivity index (χ1v) is 6.35. The molecule has 0 bridgehead atoms. The molecule has 0 aliphatic heterocycles. The second kappa shape index (κ2) is 5.23. The van der Waals surface area contributed by atoms with Crippen LogP contribution in [0.15, 0.2) is 41.9 Å². The van der Waals surface area contributed by atoms with Crippen molar-refractivity contribution < 1.29 is 0 Å². The lowest BCUT2D eigenvalue weighted by atomic mass is 10.1. The van der Waals surface area contributed by atoms with Gasteiger partial charge in [0.15, 0.2) is 0 Å². The molecule has 2 atom stereocenters. The molecule has 0 saturated heterocycles. The molecule has 1 aromatic carbocycles. The highest BCUT2D eigenvalue weighted by atomic mass is 32.1. The zero-order valence-corrected chi connectivity index (χ0v) is 10.4. The molecule has 1 heterocycles. The zero-order chi connectivity index (χ0) is 11.4. The molecule has 0 amide bonds. The molecular formula is C13H16N2S. The lowest BCUT2D eigenvalue weighted by molar-refractivity contribution is 0.493. The standard InChI is InChI=1S/C13H16N2S/c1-10(12-6-4-3-5-7-12)15-11(2)13-14-8-9-16-13/h3-11,15H,1-2H3/t10-,11?/m0/s1. The maximum Gasteiger partial charge on any atom is 0.109 e. The molecule has 1 N–H and O–H groups in total. The fraction of sp³-hybridized carbons (Fsp3) is 0.308. The van der Waals surface area contributed by atoms with Crippen LogP contribution in [0.3, 0.4) is 0 Å². The van der Waals surface area contributed by atoms with E-state index in [1.807, 2.05) is 17.6 Å². The summed E-state index contributed by atoms with van der Waals surface area (Å²) in [6.45, 7) is 4.33. The van der Waals surface area contributed by atoms with Crippen LogP contribution in [0.5, 0.6) is 0 Å². The number of benzene rings is 1. The number of nitrogens with zero attached hydrogens (tertiary/aromatic N) is 1. The van der Waals surface area contributed by atoms with E-state index >= 15 is 0 Å². The summed E-state index contributed by atoms with van der Waals surface area (Å²) in [5.74, 6) is 0. The van der Waals surface area contributed by atoms with Crippen molar-refractivity contribution >= 4 is 11.3 Å². The van der Waals surface area contributed by atoms with Gasteiger partial charge < -0.3 is 5.32 Å². The van der Waals surface area contributed by atoms with Crippen molar-refractivity contribution in [1.82, 2.24) is 10.3 Å². The van der Waals surface area contributed by atoms with E-state index in [-0.39, 0.29) is 0 Å². The van der Waals surface area contributed by atoms with Crippen LogP contribution < -0.4 is 5.32 Å². The van der Waals surface area contributed by atoms with E-state index in [4.69, 9.17) is 0 Å². The van der Waals surface area contributed by atoms with Crippen molar-refractivity contribution in [3.8, 4) is 0 Å². The van der Waals surface area contributed by atoms with Crippen LogP contribution in [0, 0.1) is 0 Å². The summed E-state index contributed by atoms with van der Waals surface area (Å²) < 4.78 is 0. The Balaban J connectivity index is 2.00. The minimum absolute atomic E-state index is 0.301. The second-order valence-electron chi connectivity index (χ2n) is 3.89. The molecule has 0 saturated carbocycles. The van der Waals surface area contributed by atoms with Crippen molar-refractivity contribution in [1.29, 1.82) is 0 Å². The minimum Gasteiger partial charge on any atom is -0.302 e. The van der Waals surface area contributed by atoms with Crippen LogP contribution in [0.1, 0.15) is 36.5 Å².